The van der Waals surface area contributed by atoms with Crippen molar-refractivity contribution in [1.29, 1.82) is 0 Å². The normalized spacial score (nSPS) is 23.6. The van der Waals surface area contributed by atoms with Gasteiger partial charge in [0.25, 0.3) is 0 Å². The van der Waals surface area contributed by atoms with Crippen molar-refractivity contribution in [2.24, 2.45) is 28.1 Å². The van der Waals surface area contributed by atoms with Gasteiger partial charge in [0.1, 0.15) is 0 Å². The summed E-state index contributed by atoms with van der Waals surface area (Å²) in [5.41, 5.74) is 0.876. The number of hydrogen-bond donors (Lipinski definition) is 0. The first kappa shape index (κ1) is 52.7. The second-order valence-corrected chi connectivity index (χ2v) is 20.5. The fourth-order valence-electron chi connectivity index (χ4n) is 12.6. The van der Waals surface area contributed by atoms with E-state index in [1.807, 2.05) is 0 Å². The van der Waals surface area contributed by atoms with Crippen LogP contribution in [-0.2, 0) is 28.6 Å². The molecule has 0 N–H and O–H groups in total. The van der Waals surface area contributed by atoms with E-state index >= 15 is 0 Å². The van der Waals surface area contributed by atoms with E-state index in [4.69, 9.17) is 14.2 Å². The quantitative estimate of drug-likeness (QED) is 0.0346. The van der Waals surface area contributed by atoms with E-state index < -0.39 is 0 Å². The van der Waals surface area contributed by atoms with Gasteiger partial charge in [0.2, 0.25) is 0 Å². The van der Waals surface area contributed by atoms with E-state index in [1.165, 1.54) is 122 Å². The van der Waals surface area contributed by atoms with Crippen LogP contribution in [0.15, 0.2) is 0 Å². The third-order valence-corrected chi connectivity index (χ3v) is 15.1. The number of rotatable bonds is 39. The van der Waals surface area contributed by atoms with Gasteiger partial charge in [-0.15, -0.1) is 0 Å². The third-order valence-electron chi connectivity index (χ3n) is 15.1. The van der Waals surface area contributed by atoms with Crippen LogP contribution in [0.5, 0.6) is 0 Å². The zero-order valence-corrected chi connectivity index (χ0v) is 40.3. The van der Waals surface area contributed by atoms with Gasteiger partial charge in [-0.25, -0.2) is 0 Å². The summed E-state index contributed by atoms with van der Waals surface area (Å²) in [5.74, 6) is 0.778. The van der Waals surface area contributed by atoms with Gasteiger partial charge in [-0.2, -0.15) is 0 Å². The largest absolute Gasteiger partial charge is 0.466 e. The molecule has 7 heteroatoms. The molecule has 4 bridgehead atoms. The molecule has 0 radical (unpaired) electrons. The Morgan fingerprint density at radius 2 is 0.867 bits per heavy atom. The zero-order chi connectivity index (χ0) is 43.4. The topological polar surface area (TPSA) is 82.1 Å². The highest BCUT2D eigenvalue weighted by Crippen LogP contribution is 2.73. The zero-order valence-electron chi connectivity index (χ0n) is 40.3. The van der Waals surface area contributed by atoms with Gasteiger partial charge < -0.3 is 19.1 Å². The van der Waals surface area contributed by atoms with Crippen LogP contribution in [0.1, 0.15) is 253 Å². The molecule has 60 heavy (non-hydrogen) atoms. The third kappa shape index (κ3) is 20.3. The summed E-state index contributed by atoms with van der Waals surface area (Å²) in [5, 5.41) is 0. The Bertz CT molecular complexity index is 1160. The highest BCUT2D eigenvalue weighted by Gasteiger charge is 2.62. The summed E-state index contributed by atoms with van der Waals surface area (Å²) in [6.45, 7) is 15.7. The Hall–Kier alpha value is -1.63. The van der Waals surface area contributed by atoms with Crippen molar-refractivity contribution in [2.75, 3.05) is 39.5 Å². The van der Waals surface area contributed by atoms with Crippen molar-refractivity contribution < 1.29 is 28.6 Å². The van der Waals surface area contributed by atoms with E-state index in [0.29, 0.717) is 48.9 Å². The smallest absolute Gasteiger partial charge is 0.308 e. The molecule has 4 aliphatic carbocycles. The van der Waals surface area contributed by atoms with Crippen LogP contribution in [0.3, 0.4) is 0 Å². The fourth-order valence-corrected chi connectivity index (χ4v) is 12.6. The summed E-state index contributed by atoms with van der Waals surface area (Å²) in [6.07, 6.45) is 38.6. The van der Waals surface area contributed by atoms with Crippen LogP contribution in [0.2, 0.25) is 0 Å². The molecule has 0 amide bonds. The predicted molar refractivity (Wildman–Crippen MR) is 249 cm³/mol. The minimum absolute atomic E-state index is 0.0191. The van der Waals surface area contributed by atoms with Gasteiger partial charge in [-0.3, -0.25) is 14.4 Å². The number of carbonyl (C=O) groups is 3. The van der Waals surface area contributed by atoms with Crippen LogP contribution in [0, 0.1) is 28.1 Å². The number of carbonyl (C=O) groups excluding carboxylic acids is 3. The summed E-state index contributed by atoms with van der Waals surface area (Å²) in [6, 6.07) is 0. The van der Waals surface area contributed by atoms with E-state index in [-0.39, 0.29) is 23.8 Å². The Labute approximate surface area is 370 Å². The molecule has 4 fully saturated rings. The van der Waals surface area contributed by atoms with Crippen molar-refractivity contribution in [2.45, 2.75) is 253 Å². The molecule has 7 nitrogen and oxygen atoms in total. The lowest BCUT2D eigenvalue weighted by atomic mass is 9.37. The molecule has 4 saturated carbocycles. The average Bonchev–Trinajstić information content (AvgIpc) is 3.22. The molecule has 4 aliphatic rings. The molecule has 5 unspecified atom stereocenters. The molecule has 0 aliphatic heterocycles. The van der Waals surface area contributed by atoms with Crippen molar-refractivity contribution in [1.82, 2.24) is 4.90 Å². The molecular weight excluding hydrogens is 747 g/mol. The van der Waals surface area contributed by atoms with Gasteiger partial charge in [0.15, 0.2) is 0 Å². The lowest BCUT2D eigenvalue weighted by Gasteiger charge is -2.67. The van der Waals surface area contributed by atoms with Gasteiger partial charge in [-0.05, 0) is 145 Å². The summed E-state index contributed by atoms with van der Waals surface area (Å²) in [4.78, 5) is 41.2. The molecule has 0 saturated heterocycles. The standard InChI is InChI=1S/C53H97NO6/c1-6-11-14-17-19-21-24-31-48(55)58-37-26-33-51-40-46-41-52(43-51,34-27-38-59-49(56)32-25-36-54(9-4)10-5)45-53(42-46,44-51)35-28-39-60-50(57)47(29-22-16-13-8-3)30-23-20-18-15-12-7-2/h46-47H,6-45H2,1-5H3. The molecule has 0 spiro atoms. The van der Waals surface area contributed by atoms with Crippen LogP contribution in [-0.4, -0.2) is 62.3 Å². The van der Waals surface area contributed by atoms with Crippen LogP contribution >= 0.6 is 0 Å². The summed E-state index contributed by atoms with van der Waals surface area (Å²) in [7, 11) is 0. The minimum atomic E-state index is -0.0492. The maximum atomic E-state index is 13.5. The monoisotopic (exact) mass is 844 g/mol. The van der Waals surface area contributed by atoms with E-state index in [2.05, 4.69) is 39.5 Å². The van der Waals surface area contributed by atoms with E-state index in [9.17, 15) is 14.4 Å². The maximum absolute atomic E-state index is 13.5. The number of unbranched alkanes of at least 4 members (excludes halogenated alkanes) is 14. The number of ether oxygens (including phenoxy) is 3. The van der Waals surface area contributed by atoms with Gasteiger partial charge in [0, 0.05) is 12.8 Å². The lowest BCUT2D eigenvalue weighted by Crippen LogP contribution is -2.57. The van der Waals surface area contributed by atoms with Crippen molar-refractivity contribution >= 4 is 17.9 Å². The number of nitrogens with zero attached hydrogens (tertiary/aromatic N) is 1. The first-order valence-corrected chi connectivity index (χ1v) is 26.4. The van der Waals surface area contributed by atoms with E-state index in [1.54, 1.807) is 0 Å². The second-order valence-electron chi connectivity index (χ2n) is 20.5. The first-order valence-electron chi connectivity index (χ1n) is 26.4. The Balaban J connectivity index is 1.55. The molecule has 0 aromatic heterocycles. The van der Waals surface area contributed by atoms with Gasteiger partial charge >= 0.3 is 17.9 Å². The SMILES string of the molecule is CCCCCCCCCC(=O)OCCCC12CC3CC(CCCOC(=O)CCCN(CC)CC)(C1)CC(CCCOC(=O)C(CCCCCC)CCCCCCCC)(C3)C2. The molecular formula is C53H97NO6. The molecule has 0 heterocycles. The summed E-state index contributed by atoms with van der Waals surface area (Å²) >= 11 is 0. The van der Waals surface area contributed by atoms with Crippen molar-refractivity contribution in [3.63, 3.8) is 0 Å². The highest BCUT2D eigenvalue weighted by atomic mass is 16.5. The van der Waals surface area contributed by atoms with E-state index in [0.717, 1.165) is 109 Å². The van der Waals surface area contributed by atoms with Crippen molar-refractivity contribution in [3.8, 4) is 0 Å². The lowest BCUT2D eigenvalue weighted by molar-refractivity contribution is -0.173. The summed E-state index contributed by atoms with van der Waals surface area (Å²) < 4.78 is 17.8. The first-order chi connectivity index (χ1) is 29.2. The molecule has 5 atom stereocenters. The Morgan fingerprint density at radius 3 is 1.32 bits per heavy atom. The highest BCUT2D eigenvalue weighted by molar-refractivity contribution is 5.72. The number of esters is 3. The number of hydrogen-bond acceptors (Lipinski definition) is 7. The maximum Gasteiger partial charge on any atom is 0.308 e. The Kier molecular flexibility index (Phi) is 26.8. The van der Waals surface area contributed by atoms with Crippen LogP contribution in [0.4, 0.5) is 0 Å². The van der Waals surface area contributed by atoms with Gasteiger partial charge in [0.05, 0.1) is 25.7 Å². The molecule has 0 aromatic rings. The van der Waals surface area contributed by atoms with Crippen LogP contribution < -0.4 is 0 Å². The minimum Gasteiger partial charge on any atom is -0.466 e. The molecule has 350 valence electrons. The predicted octanol–water partition coefficient (Wildman–Crippen LogP) is 14.5. The fraction of sp³-hybridized carbons (Fsp3) is 0.943. The molecule has 0 aromatic carbocycles. The molecule has 4 rings (SSSR count). The second kappa shape index (κ2) is 30.5. The van der Waals surface area contributed by atoms with Gasteiger partial charge in [-0.1, -0.05) is 137 Å². The Morgan fingerprint density at radius 1 is 0.483 bits per heavy atom. The van der Waals surface area contributed by atoms with Crippen LogP contribution in [0.25, 0.3) is 0 Å². The van der Waals surface area contributed by atoms with Crippen molar-refractivity contribution in [3.05, 3.63) is 0 Å². The average molecular weight is 844 g/mol.